The molecule has 1 fully saturated rings. The van der Waals surface area contributed by atoms with Crippen LogP contribution in [0.15, 0.2) is 46.1 Å². The molecule has 1 aliphatic rings. The predicted octanol–water partition coefficient (Wildman–Crippen LogP) is 3.14. The molecule has 1 saturated heterocycles. The highest BCUT2D eigenvalue weighted by Gasteiger charge is 2.15. The van der Waals surface area contributed by atoms with E-state index in [4.69, 9.17) is 0 Å². The monoisotopic (exact) mass is 399 g/mol. The molecule has 0 spiro atoms. The highest BCUT2D eigenvalue weighted by Crippen LogP contribution is 2.10. The molecule has 0 aliphatic carbocycles. The van der Waals surface area contributed by atoms with E-state index in [1.807, 2.05) is 0 Å². The molecule has 0 amide bonds. The van der Waals surface area contributed by atoms with Gasteiger partial charge in [-0.3, -0.25) is 4.90 Å². The summed E-state index contributed by atoms with van der Waals surface area (Å²) in [6.07, 6.45) is 0. The van der Waals surface area contributed by atoms with Crippen LogP contribution < -0.4 is 10.6 Å². The second-order valence-corrected chi connectivity index (χ2v) is 7.99. The third kappa shape index (κ3) is 6.62. The fraction of sp³-hybridized carbons (Fsp3) is 0.500. The van der Waals surface area contributed by atoms with Gasteiger partial charge in [-0.1, -0.05) is 31.2 Å². The van der Waals surface area contributed by atoms with E-state index < -0.39 is 0 Å². The number of rotatable bonds is 8. The molecule has 3 rings (SSSR count). The Kier molecular flexibility index (Phi) is 8.33. The second-order valence-electron chi connectivity index (χ2n) is 7.21. The van der Waals surface area contributed by atoms with E-state index in [0.717, 1.165) is 25.6 Å². The molecule has 2 N–H and O–H groups in total. The lowest BCUT2D eigenvalue weighted by Crippen LogP contribution is -2.45. The zero-order chi connectivity index (χ0) is 19.6. The van der Waals surface area contributed by atoms with Crippen LogP contribution in [0.3, 0.4) is 0 Å². The van der Waals surface area contributed by atoms with Crippen LogP contribution in [0.5, 0.6) is 0 Å². The number of likely N-dealkylation sites (N-methyl/N-ethyl adjacent to an activating group) is 1. The number of piperazine rings is 1. The number of nitrogens with zero attached hydrogens (tertiary/aromatic N) is 3. The molecular formula is C22H33N5S. The lowest BCUT2D eigenvalue weighted by molar-refractivity contribution is 0.132. The van der Waals surface area contributed by atoms with Crippen LogP contribution in [0, 0.1) is 0 Å². The molecule has 0 atom stereocenters. The predicted molar refractivity (Wildman–Crippen MR) is 120 cm³/mol. The number of nitrogens with one attached hydrogen (secondary N) is 2. The average molecular weight is 400 g/mol. The Morgan fingerprint density at radius 1 is 0.929 bits per heavy atom. The smallest absolute Gasteiger partial charge is 0.191 e. The molecule has 6 heteroatoms. The van der Waals surface area contributed by atoms with Gasteiger partial charge < -0.3 is 15.5 Å². The first-order chi connectivity index (χ1) is 13.8. The van der Waals surface area contributed by atoms with Crippen molar-refractivity contribution in [2.45, 2.75) is 33.5 Å². The minimum absolute atomic E-state index is 0.711. The summed E-state index contributed by atoms with van der Waals surface area (Å²) >= 11 is 1.71. The van der Waals surface area contributed by atoms with Crippen molar-refractivity contribution < 1.29 is 0 Å². The summed E-state index contributed by atoms with van der Waals surface area (Å²) < 4.78 is 0. The Hall–Kier alpha value is -1.89. The summed E-state index contributed by atoms with van der Waals surface area (Å²) in [5.41, 5.74) is 3.93. The first-order valence-electron chi connectivity index (χ1n) is 10.3. The van der Waals surface area contributed by atoms with Gasteiger partial charge in [0.15, 0.2) is 5.96 Å². The summed E-state index contributed by atoms with van der Waals surface area (Å²) in [5, 5.41) is 11.0. The van der Waals surface area contributed by atoms with Gasteiger partial charge in [0.25, 0.3) is 0 Å². The van der Waals surface area contributed by atoms with Crippen LogP contribution in [-0.4, -0.2) is 55.0 Å². The van der Waals surface area contributed by atoms with Crippen molar-refractivity contribution in [1.82, 2.24) is 20.4 Å². The number of hydrogen-bond donors (Lipinski definition) is 2. The zero-order valence-corrected chi connectivity index (χ0v) is 18.0. The molecule has 28 heavy (non-hydrogen) atoms. The third-order valence-electron chi connectivity index (χ3n) is 5.15. The lowest BCUT2D eigenvalue weighted by Gasteiger charge is -2.34. The minimum Gasteiger partial charge on any atom is -0.357 e. The number of guanidine groups is 1. The zero-order valence-electron chi connectivity index (χ0n) is 17.2. The average Bonchev–Trinajstić information content (AvgIpc) is 3.25. The quantitative estimate of drug-likeness (QED) is 0.529. The van der Waals surface area contributed by atoms with Crippen molar-refractivity contribution in [3.05, 3.63) is 57.8 Å². The summed E-state index contributed by atoms with van der Waals surface area (Å²) in [6.45, 7) is 13.6. The van der Waals surface area contributed by atoms with Crippen LogP contribution >= 0.6 is 11.3 Å². The molecule has 1 aromatic heterocycles. The second kappa shape index (κ2) is 11.2. The van der Waals surface area contributed by atoms with Crippen molar-refractivity contribution >= 4 is 17.3 Å². The first kappa shape index (κ1) is 20.8. The van der Waals surface area contributed by atoms with E-state index in [9.17, 15) is 0 Å². The van der Waals surface area contributed by atoms with Gasteiger partial charge >= 0.3 is 0 Å². The Bertz CT molecular complexity index is 703. The van der Waals surface area contributed by atoms with E-state index in [0.29, 0.717) is 6.54 Å². The molecule has 0 bridgehead atoms. The van der Waals surface area contributed by atoms with Crippen molar-refractivity contribution in [2.24, 2.45) is 4.99 Å². The summed E-state index contributed by atoms with van der Waals surface area (Å²) in [6, 6.07) is 11.1. The van der Waals surface area contributed by atoms with Gasteiger partial charge in [0.2, 0.25) is 0 Å². The largest absolute Gasteiger partial charge is 0.357 e. The minimum atomic E-state index is 0.711. The molecule has 2 heterocycles. The van der Waals surface area contributed by atoms with Gasteiger partial charge in [0.1, 0.15) is 0 Å². The topological polar surface area (TPSA) is 42.9 Å². The molecule has 1 aromatic carbocycles. The third-order valence-corrected chi connectivity index (χ3v) is 5.88. The number of benzene rings is 1. The highest BCUT2D eigenvalue weighted by molar-refractivity contribution is 7.07. The molecule has 152 valence electrons. The summed E-state index contributed by atoms with van der Waals surface area (Å²) in [4.78, 5) is 9.75. The number of thiophene rings is 1. The number of hydrogen-bond acceptors (Lipinski definition) is 4. The van der Waals surface area contributed by atoms with Crippen molar-refractivity contribution in [3.8, 4) is 0 Å². The van der Waals surface area contributed by atoms with E-state index in [2.05, 4.69) is 80.4 Å². The maximum atomic E-state index is 4.67. The normalized spacial score (nSPS) is 16.3. The van der Waals surface area contributed by atoms with Crippen LogP contribution in [0.25, 0.3) is 0 Å². The van der Waals surface area contributed by atoms with Crippen LogP contribution in [0.1, 0.15) is 30.5 Å². The maximum absolute atomic E-state index is 4.67. The Morgan fingerprint density at radius 3 is 2.29 bits per heavy atom. The van der Waals surface area contributed by atoms with E-state index in [-0.39, 0.29) is 0 Å². The van der Waals surface area contributed by atoms with Crippen molar-refractivity contribution in [2.75, 3.05) is 39.3 Å². The Labute approximate surface area is 173 Å². The molecule has 0 radical (unpaired) electrons. The maximum Gasteiger partial charge on any atom is 0.191 e. The van der Waals surface area contributed by atoms with Crippen LogP contribution in [0.2, 0.25) is 0 Å². The van der Waals surface area contributed by atoms with Crippen LogP contribution in [-0.2, 0) is 19.6 Å². The Morgan fingerprint density at radius 2 is 1.64 bits per heavy atom. The van der Waals surface area contributed by atoms with Gasteiger partial charge in [-0.25, -0.2) is 4.99 Å². The fourth-order valence-corrected chi connectivity index (χ4v) is 4.02. The fourth-order valence-electron chi connectivity index (χ4n) is 3.36. The van der Waals surface area contributed by atoms with Gasteiger partial charge in [-0.2, -0.15) is 11.3 Å². The molecular weight excluding hydrogens is 366 g/mol. The van der Waals surface area contributed by atoms with Gasteiger partial charge in [0, 0.05) is 45.8 Å². The van der Waals surface area contributed by atoms with Crippen LogP contribution in [0.4, 0.5) is 0 Å². The molecule has 1 aliphatic heterocycles. The SMILES string of the molecule is CCNC(=NCc1ccsc1)NCc1ccc(CN2CCN(CC)CC2)cc1. The van der Waals surface area contributed by atoms with Gasteiger partial charge in [-0.05, 0) is 47.0 Å². The Balaban J connectivity index is 1.47. The van der Waals surface area contributed by atoms with E-state index >= 15 is 0 Å². The summed E-state index contributed by atoms with van der Waals surface area (Å²) in [7, 11) is 0. The van der Waals surface area contributed by atoms with Gasteiger partial charge in [-0.15, -0.1) is 0 Å². The number of aliphatic imine (C=N–C) groups is 1. The van der Waals surface area contributed by atoms with Crippen molar-refractivity contribution in [1.29, 1.82) is 0 Å². The molecule has 2 aromatic rings. The first-order valence-corrected chi connectivity index (χ1v) is 11.3. The van der Waals surface area contributed by atoms with Gasteiger partial charge in [0.05, 0.1) is 6.54 Å². The molecule has 0 saturated carbocycles. The molecule has 5 nitrogen and oxygen atoms in total. The van der Waals surface area contributed by atoms with Crippen molar-refractivity contribution in [3.63, 3.8) is 0 Å². The van der Waals surface area contributed by atoms with E-state index in [1.54, 1.807) is 11.3 Å². The van der Waals surface area contributed by atoms with E-state index in [1.165, 1.54) is 49.4 Å². The lowest BCUT2D eigenvalue weighted by atomic mass is 10.1. The molecule has 0 unspecified atom stereocenters. The summed E-state index contributed by atoms with van der Waals surface area (Å²) in [5.74, 6) is 0.867. The standard InChI is InChI=1S/C22H33N5S/c1-3-23-22(25-16-21-9-14-28-18-21)24-15-19-5-7-20(8-6-19)17-27-12-10-26(4-2)11-13-27/h5-9,14,18H,3-4,10-13,15-17H2,1-2H3,(H2,23,24,25). The highest BCUT2D eigenvalue weighted by atomic mass is 32.1.